The van der Waals surface area contributed by atoms with Crippen molar-refractivity contribution in [2.45, 2.75) is 12.3 Å². The molecule has 2 N–H and O–H groups in total. The maximum atomic E-state index is 13.7. The van der Waals surface area contributed by atoms with Gasteiger partial charge < -0.3 is 14.8 Å². The van der Waals surface area contributed by atoms with Crippen molar-refractivity contribution in [1.29, 1.82) is 0 Å². The molecule has 0 fully saturated rings. The van der Waals surface area contributed by atoms with E-state index in [1.54, 1.807) is 19.2 Å². The molecule has 0 radical (unpaired) electrons. The van der Waals surface area contributed by atoms with Crippen molar-refractivity contribution in [1.82, 2.24) is 4.98 Å². The standard InChI is InChI=1S/C23H20FNO2/c1-23(15-6-4-3-5-7-15,19-11-9-17(27-2)13-22(19)26)20-14-25-21-12-16(24)8-10-18(20)21/h3-14,25-26H,1-2H3/t23-/m0/s1. The van der Waals surface area contributed by atoms with Gasteiger partial charge in [-0.05, 0) is 42.3 Å². The molecule has 4 aromatic rings. The van der Waals surface area contributed by atoms with Gasteiger partial charge in [0, 0.05) is 34.1 Å². The van der Waals surface area contributed by atoms with Gasteiger partial charge in [-0.2, -0.15) is 0 Å². The summed E-state index contributed by atoms with van der Waals surface area (Å²) < 4.78 is 18.9. The van der Waals surface area contributed by atoms with E-state index in [1.165, 1.54) is 12.1 Å². The third-order valence-corrected chi connectivity index (χ3v) is 5.28. The largest absolute Gasteiger partial charge is 0.507 e. The number of aromatic nitrogens is 1. The van der Waals surface area contributed by atoms with Crippen LogP contribution in [0.15, 0.2) is 72.9 Å². The monoisotopic (exact) mass is 361 g/mol. The number of rotatable bonds is 4. The summed E-state index contributed by atoms with van der Waals surface area (Å²) in [4.78, 5) is 3.17. The lowest BCUT2D eigenvalue weighted by atomic mass is 9.70. The summed E-state index contributed by atoms with van der Waals surface area (Å²) in [5.74, 6) is 0.453. The first-order valence-electron chi connectivity index (χ1n) is 8.74. The second-order valence-electron chi connectivity index (χ2n) is 6.77. The smallest absolute Gasteiger partial charge is 0.125 e. The predicted molar refractivity (Wildman–Crippen MR) is 105 cm³/mol. The molecular weight excluding hydrogens is 341 g/mol. The molecule has 0 amide bonds. The van der Waals surface area contributed by atoms with E-state index in [9.17, 15) is 9.50 Å². The quantitative estimate of drug-likeness (QED) is 0.513. The van der Waals surface area contributed by atoms with Crippen LogP contribution in [-0.2, 0) is 5.41 Å². The van der Waals surface area contributed by atoms with Crippen molar-refractivity contribution in [3.8, 4) is 11.5 Å². The van der Waals surface area contributed by atoms with Gasteiger partial charge in [0.05, 0.1) is 7.11 Å². The zero-order valence-electron chi connectivity index (χ0n) is 15.2. The van der Waals surface area contributed by atoms with E-state index in [0.717, 1.165) is 27.6 Å². The molecule has 0 bridgehead atoms. The first kappa shape index (κ1) is 17.2. The maximum absolute atomic E-state index is 13.7. The summed E-state index contributed by atoms with van der Waals surface area (Å²) in [6, 6.07) is 20.0. The van der Waals surface area contributed by atoms with Crippen molar-refractivity contribution < 1.29 is 14.2 Å². The van der Waals surface area contributed by atoms with E-state index in [2.05, 4.69) is 11.9 Å². The third-order valence-electron chi connectivity index (χ3n) is 5.28. The highest BCUT2D eigenvalue weighted by atomic mass is 19.1. The number of nitrogens with one attached hydrogen (secondary N) is 1. The Kier molecular flexibility index (Phi) is 4.11. The average molecular weight is 361 g/mol. The molecule has 0 saturated carbocycles. The van der Waals surface area contributed by atoms with Gasteiger partial charge in [0.2, 0.25) is 0 Å². The van der Waals surface area contributed by atoms with Gasteiger partial charge in [0.25, 0.3) is 0 Å². The Balaban J connectivity index is 2.03. The molecule has 0 spiro atoms. The fraction of sp³-hybridized carbons (Fsp3) is 0.130. The number of aromatic hydroxyl groups is 1. The fourth-order valence-electron chi connectivity index (χ4n) is 3.80. The third kappa shape index (κ3) is 2.74. The van der Waals surface area contributed by atoms with Crippen LogP contribution in [0.1, 0.15) is 23.6 Å². The minimum absolute atomic E-state index is 0.150. The van der Waals surface area contributed by atoms with Gasteiger partial charge in [0.1, 0.15) is 17.3 Å². The Bertz CT molecular complexity index is 1100. The first-order chi connectivity index (χ1) is 13.0. The minimum Gasteiger partial charge on any atom is -0.507 e. The van der Waals surface area contributed by atoms with Crippen molar-refractivity contribution in [3.63, 3.8) is 0 Å². The Morgan fingerprint density at radius 2 is 1.74 bits per heavy atom. The molecule has 0 unspecified atom stereocenters. The van der Waals surface area contributed by atoms with Crippen LogP contribution in [0.4, 0.5) is 4.39 Å². The number of hydrogen-bond acceptors (Lipinski definition) is 2. The van der Waals surface area contributed by atoms with Gasteiger partial charge in [-0.15, -0.1) is 0 Å². The molecular formula is C23H20FNO2. The van der Waals surface area contributed by atoms with Crippen LogP contribution in [0.5, 0.6) is 11.5 Å². The summed E-state index contributed by atoms with van der Waals surface area (Å²) in [5.41, 5.74) is 2.81. The number of halogens is 1. The molecule has 0 aliphatic carbocycles. The molecule has 1 atom stereocenters. The lowest BCUT2D eigenvalue weighted by Gasteiger charge is -2.32. The second kappa shape index (κ2) is 6.47. The highest BCUT2D eigenvalue weighted by Crippen LogP contribution is 2.45. The van der Waals surface area contributed by atoms with Gasteiger partial charge in [0.15, 0.2) is 0 Å². The number of phenolic OH excluding ortho intramolecular Hbond substituents is 1. The Morgan fingerprint density at radius 3 is 2.44 bits per heavy atom. The van der Waals surface area contributed by atoms with Gasteiger partial charge in [-0.25, -0.2) is 4.39 Å². The number of aromatic amines is 1. The fourth-order valence-corrected chi connectivity index (χ4v) is 3.80. The Morgan fingerprint density at radius 1 is 0.963 bits per heavy atom. The van der Waals surface area contributed by atoms with Gasteiger partial charge in [-0.1, -0.05) is 36.4 Å². The van der Waals surface area contributed by atoms with Crippen LogP contribution in [0.2, 0.25) is 0 Å². The first-order valence-corrected chi connectivity index (χ1v) is 8.74. The van der Waals surface area contributed by atoms with E-state index in [-0.39, 0.29) is 11.6 Å². The van der Waals surface area contributed by atoms with E-state index < -0.39 is 5.41 Å². The molecule has 1 aromatic heterocycles. The summed E-state index contributed by atoms with van der Waals surface area (Å²) in [7, 11) is 1.57. The molecule has 136 valence electrons. The zero-order chi connectivity index (χ0) is 19.0. The molecule has 0 aliphatic rings. The lowest BCUT2D eigenvalue weighted by molar-refractivity contribution is 0.404. The second-order valence-corrected chi connectivity index (χ2v) is 6.77. The van der Waals surface area contributed by atoms with Crippen molar-refractivity contribution >= 4 is 10.9 Å². The molecule has 0 saturated heterocycles. The molecule has 0 aliphatic heterocycles. The number of H-pyrrole nitrogens is 1. The Hall–Kier alpha value is -3.27. The topological polar surface area (TPSA) is 45.2 Å². The number of phenols is 1. The van der Waals surface area contributed by atoms with Crippen LogP contribution in [0, 0.1) is 5.82 Å². The number of hydrogen-bond donors (Lipinski definition) is 2. The van der Waals surface area contributed by atoms with Crippen LogP contribution < -0.4 is 4.74 Å². The van der Waals surface area contributed by atoms with E-state index >= 15 is 0 Å². The number of fused-ring (bicyclic) bond motifs is 1. The van der Waals surface area contributed by atoms with Crippen LogP contribution in [0.25, 0.3) is 10.9 Å². The molecule has 4 rings (SSSR count). The summed E-state index contributed by atoms with van der Waals surface area (Å²) in [6.45, 7) is 2.07. The van der Waals surface area contributed by atoms with Crippen molar-refractivity contribution in [2.75, 3.05) is 7.11 Å². The highest BCUT2D eigenvalue weighted by molar-refractivity contribution is 5.86. The van der Waals surface area contributed by atoms with Crippen LogP contribution in [-0.4, -0.2) is 17.2 Å². The molecule has 3 nitrogen and oxygen atoms in total. The number of ether oxygens (including phenoxy) is 1. The maximum Gasteiger partial charge on any atom is 0.125 e. The van der Waals surface area contributed by atoms with Crippen LogP contribution >= 0.6 is 0 Å². The lowest BCUT2D eigenvalue weighted by Crippen LogP contribution is -2.25. The average Bonchev–Trinajstić information content (AvgIpc) is 3.11. The summed E-state index contributed by atoms with van der Waals surface area (Å²) in [5, 5.41) is 11.7. The molecule has 4 heteroatoms. The minimum atomic E-state index is -0.645. The van der Waals surface area contributed by atoms with Crippen molar-refractivity contribution in [3.05, 3.63) is 95.4 Å². The van der Waals surface area contributed by atoms with E-state index in [0.29, 0.717) is 5.75 Å². The van der Waals surface area contributed by atoms with E-state index in [1.807, 2.05) is 48.7 Å². The summed E-state index contributed by atoms with van der Waals surface area (Å²) >= 11 is 0. The predicted octanol–water partition coefficient (Wildman–Crippen LogP) is 5.38. The SMILES string of the molecule is COc1ccc([C@](C)(c2ccccc2)c2c[nH]c3cc(F)ccc23)c(O)c1. The number of methoxy groups -OCH3 is 1. The van der Waals surface area contributed by atoms with Gasteiger partial charge >= 0.3 is 0 Å². The van der Waals surface area contributed by atoms with Crippen molar-refractivity contribution in [2.24, 2.45) is 0 Å². The molecule has 3 aromatic carbocycles. The molecule has 1 heterocycles. The number of benzene rings is 3. The van der Waals surface area contributed by atoms with E-state index in [4.69, 9.17) is 4.74 Å². The summed E-state index contributed by atoms with van der Waals surface area (Å²) in [6.07, 6.45) is 1.89. The zero-order valence-corrected chi connectivity index (χ0v) is 15.2. The Labute approximate surface area is 157 Å². The normalized spacial score (nSPS) is 13.4. The highest BCUT2D eigenvalue weighted by Gasteiger charge is 2.35. The van der Waals surface area contributed by atoms with Gasteiger partial charge in [-0.3, -0.25) is 0 Å². The molecule has 27 heavy (non-hydrogen) atoms. The van der Waals surface area contributed by atoms with Crippen LogP contribution in [0.3, 0.4) is 0 Å².